The van der Waals surface area contributed by atoms with E-state index in [4.69, 9.17) is 48.9 Å². The highest BCUT2D eigenvalue weighted by Gasteiger charge is 2.23. The fourth-order valence-electron chi connectivity index (χ4n) is 6.22. The van der Waals surface area contributed by atoms with Crippen molar-refractivity contribution in [1.29, 1.82) is 0 Å². The molecule has 12 nitrogen and oxygen atoms in total. The van der Waals surface area contributed by atoms with Crippen LogP contribution in [-0.4, -0.2) is 68.3 Å². The normalized spacial score (nSPS) is 11.8. The largest absolute Gasteiger partial charge is 0.497 e. The van der Waals surface area contributed by atoms with Gasteiger partial charge in [0.15, 0.2) is 23.3 Å². The third-order valence-electron chi connectivity index (χ3n) is 8.66. The second-order valence-electron chi connectivity index (χ2n) is 11.3. The van der Waals surface area contributed by atoms with Gasteiger partial charge in [-0.3, -0.25) is 0 Å². The summed E-state index contributed by atoms with van der Waals surface area (Å²) < 4.78 is 22.3. The first-order chi connectivity index (χ1) is 23.5. The van der Waals surface area contributed by atoms with Crippen molar-refractivity contribution in [3.63, 3.8) is 0 Å². The molecule has 0 unspecified atom stereocenters. The van der Waals surface area contributed by atoms with Gasteiger partial charge in [-0.1, -0.05) is 0 Å². The smallest absolute Gasteiger partial charge is 0.164 e. The molecule has 0 saturated heterocycles. The molecule has 0 amide bonds. The average Bonchev–Trinajstić information content (AvgIpc) is 3.85. The molecular formula is C36H26N8O4. The highest BCUT2D eigenvalue weighted by Crippen LogP contribution is 2.39. The van der Waals surface area contributed by atoms with Gasteiger partial charge in [0, 0.05) is 43.8 Å². The molecule has 0 saturated carbocycles. The lowest BCUT2D eigenvalue weighted by atomic mass is 10.1. The molecule has 2 N–H and O–H groups in total. The van der Waals surface area contributed by atoms with Crippen molar-refractivity contribution in [3.05, 3.63) is 72.8 Å². The van der Waals surface area contributed by atoms with Gasteiger partial charge in [0.1, 0.15) is 45.6 Å². The van der Waals surface area contributed by atoms with Crippen LogP contribution in [0.5, 0.6) is 23.0 Å². The van der Waals surface area contributed by atoms with Crippen molar-refractivity contribution in [2.45, 2.75) is 0 Å². The van der Waals surface area contributed by atoms with E-state index in [2.05, 4.69) is 9.97 Å². The van der Waals surface area contributed by atoms with Gasteiger partial charge in [-0.05, 0) is 72.8 Å². The number of aromatic nitrogens is 8. The molecule has 0 radical (unpaired) electrons. The van der Waals surface area contributed by atoms with Crippen molar-refractivity contribution in [1.82, 2.24) is 39.9 Å². The van der Waals surface area contributed by atoms with E-state index in [1.807, 2.05) is 72.8 Å². The lowest BCUT2D eigenvalue weighted by molar-refractivity contribution is 0.415. The molecule has 4 aromatic carbocycles. The number of benzene rings is 4. The van der Waals surface area contributed by atoms with E-state index in [0.717, 1.165) is 43.8 Å². The summed E-state index contributed by atoms with van der Waals surface area (Å²) in [7, 11) is 6.53. The van der Waals surface area contributed by atoms with E-state index in [0.29, 0.717) is 68.9 Å². The van der Waals surface area contributed by atoms with Crippen LogP contribution in [0.4, 0.5) is 0 Å². The van der Waals surface area contributed by atoms with E-state index in [9.17, 15) is 0 Å². The van der Waals surface area contributed by atoms with Crippen LogP contribution < -0.4 is 18.9 Å². The molecule has 9 rings (SSSR count). The maximum absolute atomic E-state index is 5.58. The number of nitrogens with zero attached hydrogens (tertiary/aromatic N) is 6. The fraction of sp³-hybridized carbons (Fsp3) is 0.111. The van der Waals surface area contributed by atoms with Crippen LogP contribution in [0.2, 0.25) is 0 Å². The summed E-state index contributed by atoms with van der Waals surface area (Å²) >= 11 is 0. The molecule has 2 aliphatic rings. The van der Waals surface area contributed by atoms with Crippen LogP contribution in [0.25, 0.3) is 89.7 Å². The Morgan fingerprint density at radius 3 is 1.08 bits per heavy atom. The number of H-pyrrole nitrogens is 2. The minimum atomic E-state index is 0.477. The van der Waals surface area contributed by atoms with Crippen LogP contribution in [-0.2, 0) is 0 Å². The third-order valence-corrected chi connectivity index (χ3v) is 8.66. The Balaban J connectivity index is 1.48. The zero-order valence-electron chi connectivity index (χ0n) is 26.2. The lowest BCUT2D eigenvalue weighted by Crippen LogP contribution is -1.86. The van der Waals surface area contributed by atoms with Gasteiger partial charge in [0.2, 0.25) is 0 Å². The maximum Gasteiger partial charge on any atom is 0.164 e. The minimum Gasteiger partial charge on any atom is -0.497 e. The number of rotatable bonds is 4. The van der Waals surface area contributed by atoms with Crippen LogP contribution in [0, 0.1) is 0 Å². The van der Waals surface area contributed by atoms with Crippen molar-refractivity contribution in [2.75, 3.05) is 28.4 Å². The molecule has 3 aromatic heterocycles. The highest BCUT2D eigenvalue weighted by atomic mass is 16.5. The molecular weight excluding hydrogens is 608 g/mol. The van der Waals surface area contributed by atoms with Crippen LogP contribution in [0.1, 0.15) is 0 Å². The van der Waals surface area contributed by atoms with Crippen molar-refractivity contribution in [2.24, 2.45) is 0 Å². The molecule has 5 heterocycles. The van der Waals surface area contributed by atoms with Gasteiger partial charge in [0.05, 0.1) is 28.4 Å². The molecule has 0 atom stereocenters. The minimum absolute atomic E-state index is 0.477. The average molecular weight is 635 g/mol. The Morgan fingerprint density at radius 1 is 0.354 bits per heavy atom. The summed E-state index contributed by atoms with van der Waals surface area (Å²) in [5.74, 6) is 4.66. The summed E-state index contributed by atoms with van der Waals surface area (Å²) in [6.07, 6.45) is 0. The monoisotopic (exact) mass is 634 g/mol. The van der Waals surface area contributed by atoms with E-state index < -0.39 is 0 Å². The number of fused-ring (bicyclic) bond motifs is 20. The summed E-state index contributed by atoms with van der Waals surface area (Å²) in [6.45, 7) is 0. The summed E-state index contributed by atoms with van der Waals surface area (Å²) in [5, 5.41) is 3.30. The molecule has 12 heteroatoms. The van der Waals surface area contributed by atoms with E-state index in [1.54, 1.807) is 28.4 Å². The Labute approximate surface area is 272 Å². The van der Waals surface area contributed by atoms with E-state index >= 15 is 0 Å². The van der Waals surface area contributed by atoms with Gasteiger partial charge in [0.25, 0.3) is 0 Å². The first-order valence-corrected chi connectivity index (χ1v) is 15.1. The number of aromatic amines is 2. The number of methoxy groups -OCH3 is 4. The summed E-state index contributed by atoms with van der Waals surface area (Å²) in [6, 6.07) is 23.0. The Bertz CT molecular complexity index is 2460. The van der Waals surface area contributed by atoms with E-state index in [1.165, 1.54) is 0 Å². The number of nitrogens with one attached hydrogen (secondary N) is 2. The fourth-order valence-corrected chi connectivity index (χ4v) is 6.22. The molecule has 2 aliphatic heterocycles. The second-order valence-corrected chi connectivity index (χ2v) is 11.3. The zero-order valence-corrected chi connectivity index (χ0v) is 26.2. The zero-order chi connectivity index (χ0) is 32.5. The molecule has 7 aromatic rings. The molecule has 234 valence electrons. The molecule has 8 bridgehead atoms. The topological polar surface area (TPSA) is 146 Å². The summed E-state index contributed by atoms with van der Waals surface area (Å²) in [5.41, 5.74) is 5.47. The SMILES string of the molecule is COc1ccc2c(c1)-c1nc-2nc2[nH]c(nc3nc(nc4[nH]c(n1)c1ccc(OC)cc41)-c1ccc(OC)cc1-3)c1ccc(OC)cc21. The standard InChI is InChI=1S/C36H26N8O4/c1-45-17-5-9-21-25(13-17)33-37-29(21)42-34-27-15-19(47-3)7-11-23(27)31(39-34)44-36-28-16-20(48-4)8-12-24(28)32(40-36)43-35-26-14-18(46-2)6-10-22(26)30(38-35)41-33/h5-16H,1-4H3,(H2,37,38,39,40,41,42,43,44). The Hall–Kier alpha value is -6.56. The van der Waals surface area contributed by atoms with Crippen molar-refractivity contribution < 1.29 is 18.9 Å². The van der Waals surface area contributed by atoms with Gasteiger partial charge in [-0.15, -0.1) is 0 Å². The summed E-state index contributed by atoms with van der Waals surface area (Å²) in [4.78, 5) is 37.0. The second kappa shape index (κ2) is 10.5. The van der Waals surface area contributed by atoms with E-state index in [-0.39, 0.29) is 0 Å². The van der Waals surface area contributed by atoms with Gasteiger partial charge >= 0.3 is 0 Å². The molecule has 0 spiro atoms. The molecule has 0 fully saturated rings. The predicted molar refractivity (Wildman–Crippen MR) is 182 cm³/mol. The maximum atomic E-state index is 5.58. The molecule has 0 aliphatic carbocycles. The highest BCUT2D eigenvalue weighted by molar-refractivity contribution is 6.07. The van der Waals surface area contributed by atoms with Crippen LogP contribution in [0.3, 0.4) is 0 Å². The number of ether oxygens (including phenoxy) is 4. The van der Waals surface area contributed by atoms with Crippen LogP contribution in [0.15, 0.2) is 72.8 Å². The first-order valence-electron chi connectivity index (χ1n) is 15.1. The quantitative estimate of drug-likeness (QED) is 0.210. The molecule has 48 heavy (non-hydrogen) atoms. The first kappa shape index (κ1) is 27.7. The number of hydrogen-bond donors (Lipinski definition) is 2. The third kappa shape index (κ3) is 4.23. The van der Waals surface area contributed by atoms with Gasteiger partial charge in [-0.25, -0.2) is 29.9 Å². The van der Waals surface area contributed by atoms with Gasteiger partial charge < -0.3 is 28.9 Å². The Morgan fingerprint density at radius 2 is 0.688 bits per heavy atom. The lowest BCUT2D eigenvalue weighted by Gasteiger charge is -2.03. The van der Waals surface area contributed by atoms with Crippen LogP contribution >= 0.6 is 0 Å². The van der Waals surface area contributed by atoms with Gasteiger partial charge in [-0.2, -0.15) is 0 Å². The number of hydrogen-bond acceptors (Lipinski definition) is 10. The predicted octanol–water partition coefficient (Wildman–Crippen LogP) is 6.90. The van der Waals surface area contributed by atoms with Crippen molar-refractivity contribution in [3.8, 4) is 68.5 Å². The Kier molecular flexibility index (Phi) is 6.06. The van der Waals surface area contributed by atoms with Crippen molar-refractivity contribution >= 4 is 44.1 Å².